The van der Waals surface area contributed by atoms with Crippen molar-refractivity contribution in [2.24, 2.45) is 0 Å². The van der Waals surface area contributed by atoms with Gasteiger partial charge in [0.1, 0.15) is 0 Å². The van der Waals surface area contributed by atoms with Crippen molar-refractivity contribution in [2.45, 2.75) is 26.2 Å². The fourth-order valence-electron chi connectivity index (χ4n) is 14.4. The molecule has 0 fully saturated rings. The van der Waals surface area contributed by atoms with E-state index in [1.54, 1.807) is 0 Å². The molecule has 5 heterocycles. The van der Waals surface area contributed by atoms with E-state index in [4.69, 9.17) is 0 Å². The average Bonchev–Trinajstić information content (AvgIpc) is 4.05. The molecular formula is C74H53B2N5. The van der Waals surface area contributed by atoms with E-state index in [2.05, 4.69) is 312 Å². The number of nitrogens with zero attached hydrogens (tertiary/aromatic N) is 5. The lowest BCUT2D eigenvalue weighted by Gasteiger charge is -2.47. The van der Waals surface area contributed by atoms with Gasteiger partial charge in [0.05, 0.1) is 16.7 Å². The van der Waals surface area contributed by atoms with Gasteiger partial charge in [0.25, 0.3) is 13.4 Å². The highest BCUT2D eigenvalue weighted by Gasteiger charge is 2.49. The fourth-order valence-corrected chi connectivity index (χ4v) is 14.4. The van der Waals surface area contributed by atoms with Crippen molar-refractivity contribution < 1.29 is 0 Å². The number of benzene rings is 12. The maximum atomic E-state index is 2.64. The number of rotatable bonds is 5. The van der Waals surface area contributed by atoms with Gasteiger partial charge in [0.15, 0.2) is 0 Å². The maximum Gasteiger partial charge on any atom is 0.252 e. The maximum absolute atomic E-state index is 2.64. The molecule has 0 aliphatic carbocycles. The Bertz CT molecular complexity index is 4720. The molecule has 0 saturated heterocycles. The lowest BCUT2D eigenvalue weighted by Crippen LogP contribution is -2.65. The monoisotopic (exact) mass is 1030 g/mol. The summed E-state index contributed by atoms with van der Waals surface area (Å²) in [6.07, 6.45) is 0. The van der Waals surface area contributed by atoms with Gasteiger partial charge in [-0.15, -0.1) is 0 Å². The van der Waals surface area contributed by atoms with Crippen LogP contribution in [0.4, 0.5) is 68.2 Å². The fraction of sp³-hybridized carbons (Fsp3) is 0.0541. The van der Waals surface area contributed by atoms with Gasteiger partial charge in [-0.3, -0.25) is 0 Å². The van der Waals surface area contributed by atoms with Crippen LogP contribution in [0.25, 0.3) is 38.3 Å². The number of hydrogen-bond acceptors (Lipinski definition) is 4. The minimum absolute atomic E-state index is 0.0707. The Hall–Kier alpha value is -9.97. The highest BCUT2D eigenvalue weighted by Crippen LogP contribution is 2.51. The molecule has 0 N–H and O–H groups in total. The van der Waals surface area contributed by atoms with Gasteiger partial charge in [-0.05, 0) is 146 Å². The zero-order chi connectivity index (χ0) is 53.7. The first-order valence-electron chi connectivity index (χ1n) is 28.4. The lowest BCUT2D eigenvalue weighted by molar-refractivity contribution is 0.590. The molecule has 0 atom stereocenters. The SMILES string of the molecule is CC(C)(C)c1cc2c3c(c1)N(c1ccccc1)c1cc4c(cc1B3c1ccccc1N2c1ccccc1)B1c2ccccc2N(c2ccccc2)c2cc(-n3c5ccccc5c5ccc6ccccc6c53)cc(c21)N4c1ccccc1. The molecule has 0 amide bonds. The minimum atomic E-state index is -0.146. The zero-order valence-electron chi connectivity index (χ0n) is 45.3. The molecule has 380 valence electrons. The largest absolute Gasteiger partial charge is 0.311 e. The van der Waals surface area contributed by atoms with Gasteiger partial charge in [0, 0.05) is 84.4 Å². The highest BCUT2D eigenvalue weighted by atomic mass is 15.2. The van der Waals surface area contributed by atoms with Crippen LogP contribution in [0.15, 0.2) is 267 Å². The number of fused-ring (bicyclic) bond motifs is 13. The summed E-state index contributed by atoms with van der Waals surface area (Å²) in [6, 6.07) is 100. The van der Waals surface area contributed by atoms with Crippen molar-refractivity contribution >= 4 is 147 Å². The zero-order valence-corrected chi connectivity index (χ0v) is 45.3. The third kappa shape index (κ3) is 6.63. The molecule has 0 spiro atoms. The molecule has 13 aromatic rings. The van der Waals surface area contributed by atoms with E-state index in [0.717, 1.165) is 34.1 Å². The second-order valence-electron chi connectivity index (χ2n) is 23.2. The molecule has 81 heavy (non-hydrogen) atoms. The summed E-state index contributed by atoms with van der Waals surface area (Å²) in [7, 11) is 0. The van der Waals surface area contributed by atoms with Crippen molar-refractivity contribution in [3.63, 3.8) is 0 Å². The molecular weight excluding hydrogens is 980 g/mol. The molecule has 5 nitrogen and oxygen atoms in total. The van der Waals surface area contributed by atoms with Crippen LogP contribution in [0.2, 0.25) is 0 Å². The van der Waals surface area contributed by atoms with Crippen molar-refractivity contribution in [1.29, 1.82) is 0 Å². The summed E-state index contributed by atoms with van der Waals surface area (Å²) in [5.41, 5.74) is 26.4. The summed E-state index contributed by atoms with van der Waals surface area (Å²) in [5.74, 6) is 0. The third-order valence-corrected chi connectivity index (χ3v) is 17.8. The predicted molar refractivity (Wildman–Crippen MR) is 345 cm³/mol. The van der Waals surface area contributed by atoms with E-state index in [-0.39, 0.29) is 18.8 Å². The molecule has 12 aromatic carbocycles. The second-order valence-corrected chi connectivity index (χ2v) is 23.2. The van der Waals surface area contributed by atoms with Crippen molar-refractivity contribution in [1.82, 2.24) is 4.57 Å². The standard InChI is InChI=1S/C74H53B2N5/c1-74(2,3)49-42-67-71-68(43-49)79(52-29-12-6-13-30-52)65-47-66-61(46-60(65)75(71)58-35-19-22-38-63(58)77(67)50-25-8-4-9-26-50)76-59-36-20-23-39-64(59)78(51-27-10-5-11-28-51)69-44-54(45-70(72(69)76)80(66)53-31-14-7-15-32-53)81-62-37-21-18-34-56(62)57-41-40-48-24-16-17-33-55(48)73(57)81/h4-47H,1-3H3. The van der Waals surface area contributed by atoms with Gasteiger partial charge >= 0.3 is 0 Å². The van der Waals surface area contributed by atoms with Crippen molar-refractivity contribution in [3.8, 4) is 5.69 Å². The third-order valence-electron chi connectivity index (χ3n) is 17.8. The van der Waals surface area contributed by atoms with Crippen LogP contribution >= 0.6 is 0 Å². The van der Waals surface area contributed by atoms with Gasteiger partial charge in [-0.2, -0.15) is 0 Å². The first kappa shape index (κ1) is 46.0. The van der Waals surface area contributed by atoms with Gasteiger partial charge in [0.2, 0.25) is 0 Å². The molecule has 0 bridgehead atoms. The number of anilines is 12. The molecule has 4 aliphatic rings. The van der Waals surface area contributed by atoms with Gasteiger partial charge in [-0.25, -0.2) is 0 Å². The molecule has 0 saturated carbocycles. The van der Waals surface area contributed by atoms with Gasteiger partial charge in [-0.1, -0.05) is 191 Å². The molecule has 17 rings (SSSR count). The second kappa shape index (κ2) is 17.3. The Morgan fingerprint density at radius 2 is 0.691 bits per heavy atom. The van der Waals surface area contributed by atoms with E-state index in [1.807, 2.05) is 0 Å². The average molecular weight is 1030 g/mol. The number of hydrogen-bond donors (Lipinski definition) is 0. The summed E-state index contributed by atoms with van der Waals surface area (Å²) >= 11 is 0. The van der Waals surface area contributed by atoms with Gasteiger partial charge < -0.3 is 24.2 Å². The quantitative estimate of drug-likeness (QED) is 0.160. The van der Waals surface area contributed by atoms with E-state index in [0.29, 0.717) is 0 Å². The van der Waals surface area contributed by atoms with Crippen molar-refractivity contribution in [2.75, 3.05) is 19.6 Å². The molecule has 7 heteroatoms. The van der Waals surface area contributed by atoms with Crippen LogP contribution in [0, 0.1) is 0 Å². The Morgan fingerprint density at radius 1 is 0.284 bits per heavy atom. The Labute approximate surface area is 473 Å². The Kier molecular flexibility index (Phi) is 9.80. The molecule has 0 radical (unpaired) electrons. The Morgan fingerprint density at radius 3 is 1.19 bits per heavy atom. The van der Waals surface area contributed by atoms with E-state index in [9.17, 15) is 0 Å². The minimum Gasteiger partial charge on any atom is -0.311 e. The summed E-state index contributed by atoms with van der Waals surface area (Å²) in [5, 5.41) is 4.93. The van der Waals surface area contributed by atoms with Crippen LogP contribution in [-0.4, -0.2) is 18.0 Å². The summed E-state index contributed by atoms with van der Waals surface area (Å²) < 4.78 is 2.55. The van der Waals surface area contributed by atoms with E-state index in [1.165, 1.54) is 111 Å². The topological polar surface area (TPSA) is 17.9 Å². The Balaban J connectivity index is 1.02. The van der Waals surface area contributed by atoms with Crippen LogP contribution in [0.3, 0.4) is 0 Å². The van der Waals surface area contributed by atoms with Crippen LogP contribution in [0.1, 0.15) is 26.3 Å². The first-order valence-corrected chi connectivity index (χ1v) is 28.4. The smallest absolute Gasteiger partial charge is 0.252 e. The summed E-state index contributed by atoms with van der Waals surface area (Å²) in [6.45, 7) is 6.86. The molecule has 4 aliphatic heterocycles. The molecule has 1 aromatic heterocycles. The number of para-hydroxylation sites is 7. The highest BCUT2D eigenvalue weighted by molar-refractivity contribution is 7.03. The number of aromatic nitrogens is 1. The van der Waals surface area contributed by atoms with E-state index >= 15 is 0 Å². The van der Waals surface area contributed by atoms with Crippen LogP contribution < -0.4 is 52.4 Å². The lowest BCUT2D eigenvalue weighted by atomic mass is 9.30. The van der Waals surface area contributed by atoms with Crippen molar-refractivity contribution in [3.05, 3.63) is 272 Å². The molecule has 0 unspecified atom stereocenters. The summed E-state index contributed by atoms with van der Waals surface area (Å²) in [4.78, 5) is 10.3. The van der Waals surface area contributed by atoms with Crippen LogP contribution in [-0.2, 0) is 5.41 Å². The predicted octanol–water partition coefficient (Wildman–Crippen LogP) is 15.4. The first-order chi connectivity index (χ1) is 39.9. The van der Waals surface area contributed by atoms with Crippen LogP contribution in [0.5, 0.6) is 0 Å². The van der Waals surface area contributed by atoms with E-state index < -0.39 is 0 Å². The normalized spacial score (nSPS) is 13.7.